The van der Waals surface area contributed by atoms with Gasteiger partial charge in [0.2, 0.25) is 0 Å². The van der Waals surface area contributed by atoms with Crippen LogP contribution < -0.4 is 0 Å². The second kappa shape index (κ2) is 6.38. The lowest BCUT2D eigenvalue weighted by molar-refractivity contribution is -0.0584. The number of para-hydroxylation sites is 2. The van der Waals surface area contributed by atoms with E-state index in [1.165, 1.54) is 24.4 Å². The summed E-state index contributed by atoms with van der Waals surface area (Å²) in [6, 6.07) is 17.0. The van der Waals surface area contributed by atoms with Gasteiger partial charge in [0.25, 0.3) is 11.8 Å². The van der Waals surface area contributed by atoms with Gasteiger partial charge in [-0.1, -0.05) is 29.3 Å². The zero-order valence-electron chi connectivity index (χ0n) is 14.9. The van der Waals surface area contributed by atoms with Crippen LogP contribution in [-0.4, -0.2) is 37.4 Å². The van der Waals surface area contributed by atoms with E-state index in [2.05, 4.69) is 9.97 Å². The zero-order chi connectivity index (χ0) is 20.0. The van der Waals surface area contributed by atoms with Crippen LogP contribution in [0.1, 0.15) is 31.1 Å². The highest BCUT2D eigenvalue weighted by Gasteiger charge is 2.38. The Hall–Kier alpha value is -4.33. The lowest BCUT2D eigenvalue weighted by atomic mass is 10.1. The van der Waals surface area contributed by atoms with Crippen molar-refractivity contribution in [2.75, 3.05) is 0 Å². The summed E-state index contributed by atoms with van der Waals surface area (Å²) in [6.45, 7) is 0. The first-order chi connectivity index (χ1) is 14.1. The molecule has 140 valence electrons. The van der Waals surface area contributed by atoms with E-state index in [4.69, 9.17) is 4.84 Å². The Labute approximate surface area is 163 Å². The Morgan fingerprint density at radius 2 is 1.52 bits per heavy atom. The first-order valence-electron chi connectivity index (χ1n) is 8.72. The minimum absolute atomic E-state index is 0.106. The van der Waals surface area contributed by atoms with Crippen molar-refractivity contribution in [1.82, 2.24) is 19.6 Å². The number of hydrogen-bond donors (Lipinski definition) is 0. The van der Waals surface area contributed by atoms with Gasteiger partial charge in [0.05, 0.1) is 27.7 Å². The third kappa shape index (κ3) is 2.66. The van der Waals surface area contributed by atoms with Gasteiger partial charge in [-0.25, -0.2) is 14.8 Å². The largest absolute Gasteiger partial charge is 0.365 e. The van der Waals surface area contributed by atoms with Crippen LogP contribution >= 0.6 is 0 Å². The van der Waals surface area contributed by atoms with Crippen molar-refractivity contribution in [3.05, 3.63) is 89.9 Å². The smallest absolute Gasteiger partial charge is 0.324 e. The number of imide groups is 1. The second-order valence-electron chi connectivity index (χ2n) is 6.34. The van der Waals surface area contributed by atoms with Crippen molar-refractivity contribution in [2.45, 2.75) is 0 Å². The van der Waals surface area contributed by atoms with Crippen LogP contribution in [0.15, 0.2) is 73.2 Å². The third-order valence-corrected chi connectivity index (χ3v) is 4.61. The van der Waals surface area contributed by atoms with E-state index in [0.29, 0.717) is 10.9 Å². The molecule has 0 N–H and O–H groups in total. The number of benzene rings is 2. The van der Waals surface area contributed by atoms with Crippen LogP contribution in [0.5, 0.6) is 0 Å². The number of rotatable bonds is 3. The van der Waals surface area contributed by atoms with Crippen molar-refractivity contribution in [3.8, 4) is 5.82 Å². The average molecular weight is 384 g/mol. The summed E-state index contributed by atoms with van der Waals surface area (Å²) in [4.78, 5) is 50.7. The molecule has 0 saturated carbocycles. The fraction of sp³-hybridized carbons (Fsp3) is 0. The molecule has 8 nitrogen and oxygen atoms in total. The third-order valence-electron chi connectivity index (χ3n) is 4.61. The van der Waals surface area contributed by atoms with E-state index in [1.807, 2.05) is 24.3 Å². The average Bonchev–Trinajstić information content (AvgIpc) is 3.29. The number of hydroxylamine groups is 2. The maximum atomic E-state index is 12.4. The molecule has 4 aromatic rings. The fourth-order valence-corrected chi connectivity index (χ4v) is 3.18. The van der Waals surface area contributed by atoms with Gasteiger partial charge in [-0.15, -0.1) is 0 Å². The summed E-state index contributed by atoms with van der Waals surface area (Å²) in [5, 5.41) is 0.476. The lowest BCUT2D eigenvalue weighted by Gasteiger charge is -2.12. The number of hydrogen-bond acceptors (Lipinski definition) is 6. The summed E-state index contributed by atoms with van der Waals surface area (Å²) in [7, 11) is 0. The number of imidazole rings is 1. The van der Waals surface area contributed by atoms with Crippen molar-refractivity contribution in [1.29, 1.82) is 0 Å². The number of fused-ring (bicyclic) bond motifs is 2. The molecule has 29 heavy (non-hydrogen) atoms. The molecule has 2 amide bonds. The van der Waals surface area contributed by atoms with Crippen LogP contribution in [0.2, 0.25) is 0 Å². The van der Waals surface area contributed by atoms with Gasteiger partial charge in [0, 0.05) is 6.20 Å². The second-order valence-corrected chi connectivity index (χ2v) is 6.34. The standard InChI is InChI=1S/C21H12N4O4/c26-19-14-5-1-2-6-15(14)20(27)25(19)29-21(28)13-9-10-18(22-11-13)24-12-23-16-7-3-4-8-17(16)24/h1-12H. The number of aromatic nitrogens is 3. The van der Waals surface area contributed by atoms with E-state index >= 15 is 0 Å². The molecular formula is C21H12N4O4. The molecule has 2 aromatic carbocycles. The lowest BCUT2D eigenvalue weighted by Crippen LogP contribution is -2.32. The van der Waals surface area contributed by atoms with E-state index in [9.17, 15) is 14.4 Å². The Kier molecular flexibility index (Phi) is 3.70. The number of amides is 2. The summed E-state index contributed by atoms with van der Waals surface area (Å²) in [5.74, 6) is -1.63. The molecule has 5 rings (SSSR count). The Bertz CT molecular complexity index is 1260. The molecule has 3 heterocycles. The molecule has 1 aliphatic rings. The fourth-order valence-electron chi connectivity index (χ4n) is 3.18. The molecule has 0 fully saturated rings. The summed E-state index contributed by atoms with van der Waals surface area (Å²) in [5.41, 5.74) is 2.20. The monoisotopic (exact) mass is 384 g/mol. The maximum absolute atomic E-state index is 12.4. The van der Waals surface area contributed by atoms with E-state index in [0.717, 1.165) is 11.0 Å². The first kappa shape index (κ1) is 16.8. The molecule has 0 unspecified atom stereocenters. The van der Waals surface area contributed by atoms with Crippen molar-refractivity contribution in [3.63, 3.8) is 0 Å². The van der Waals surface area contributed by atoms with Gasteiger partial charge in [-0.05, 0) is 36.4 Å². The summed E-state index contributed by atoms with van der Waals surface area (Å²) < 4.78 is 1.79. The van der Waals surface area contributed by atoms with E-state index in [-0.39, 0.29) is 16.7 Å². The molecule has 0 saturated heterocycles. The van der Waals surface area contributed by atoms with Gasteiger partial charge < -0.3 is 4.84 Å². The van der Waals surface area contributed by atoms with Gasteiger partial charge >= 0.3 is 5.97 Å². The van der Waals surface area contributed by atoms with Crippen LogP contribution in [0.25, 0.3) is 16.9 Å². The first-order valence-corrected chi connectivity index (χ1v) is 8.72. The minimum Gasteiger partial charge on any atom is -0.324 e. The van der Waals surface area contributed by atoms with Crippen molar-refractivity contribution in [2.24, 2.45) is 0 Å². The van der Waals surface area contributed by atoms with Crippen molar-refractivity contribution >= 4 is 28.8 Å². The molecule has 0 atom stereocenters. The predicted octanol–water partition coefficient (Wildman–Crippen LogP) is 2.79. The normalized spacial score (nSPS) is 13.0. The highest BCUT2D eigenvalue weighted by molar-refractivity contribution is 6.21. The molecule has 0 radical (unpaired) electrons. The number of nitrogens with zero attached hydrogens (tertiary/aromatic N) is 4. The van der Waals surface area contributed by atoms with Gasteiger partial charge in [0.15, 0.2) is 0 Å². The highest BCUT2D eigenvalue weighted by Crippen LogP contribution is 2.23. The molecule has 0 aliphatic carbocycles. The molecule has 0 spiro atoms. The summed E-state index contributed by atoms with van der Waals surface area (Å²) >= 11 is 0. The van der Waals surface area contributed by atoms with Crippen LogP contribution in [0.3, 0.4) is 0 Å². The zero-order valence-corrected chi connectivity index (χ0v) is 14.9. The molecule has 8 heteroatoms. The Balaban J connectivity index is 1.38. The molecule has 2 aromatic heterocycles. The molecule has 0 bridgehead atoms. The molecular weight excluding hydrogens is 372 g/mol. The van der Waals surface area contributed by atoms with Crippen LogP contribution in [0.4, 0.5) is 0 Å². The van der Waals surface area contributed by atoms with E-state index < -0.39 is 17.8 Å². The highest BCUT2D eigenvalue weighted by atomic mass is 16.7. The van der Waals surface area contributed by atoms with Crippen LogP contribution in [0, 0.1) is 0 Å². The molecule has 1 aliphatic heterocycles. The maximum Gasteiger partial charge on any atom is 0.365 e. The van der Waals surface area contributed by atoms with Gasteiger partial charge in [0.1, 0.15) is 12.1 Å². The Morgan fingerprint density at radius 1 is 0.828 bits per heavy atom. The SMILES string of the molecule is O=C(ON1C(=O)c2ccccc2C1=O)c1ccc(-n2cnc3ccccc32)nc1. The van der Waals surface area contributed by atoms with E-state index in [1.54, 1.807) is 29.1 Å². The van der Waals surface area contributed by atoms with Gasteiger partial charge in [-0.3, -0.25) is 14.2 Å². The topological polar surface area (TPSA) is 94.4 Å². The quantitative estimate of drug-likeness (QED) is 0.504. The number of pyridine rings is 1. The number of carbonyl (C=O) groups is 3. The van der Waals surface area contributed by atoms with Crippen LogP contribution in [-0.2, 0) is 4.84 Å². The Morgan fingerprint density at radius 3 is 2.21 bits per heavy atom. The van der Waals surface area contributed by atoms with Gasteiger partial charge in [-0.2, -0.15) is 0 Å². The predicted molar refractivity (Wildman–Crippen MR) is 101 cm³/mol. The minimum atomic E-state index is -0.853. The van der Waals surface area contributed by atoms with Crippen molar-refractivity contribution < 1.29 is 19.2 Å². The summed E-state index contributed by atoms with van der Waals surface area (Å²) in [6.07, 6.45) is 2.97. The number of carbonyl (C=O) groups excluding carboxylic acids is 3.